The van der Waals surface area contributed by atoms with Crippen molar-refractivity contribution in [2.24, 2.45) is 0 Å². The van der Waals surface area contributed by atoms with Crippen molar-refractivity contribution < 1.29 is 4.74 Å². The first kappa shape index (κ1) is 8.11. The second-order valence-corrected chi connectivity index (χ2v) is 3.93. The van der Waals surface area contributed by atoms with Gasteiger partial charge in [0.2, 0.25) is 0 Å². The molecule has 0 atom stereocenters. The number of fused-ring (bicyclic) bond motifs is 1. The molecule has 1 aliphatic carbocycles. The van der Waals surface area contributed by atoms with Crippen molar-refractivity contribution in [2.75, 3.05) is 7.11 Å². The van der Waals surface area contributed by atoms with Gasteiger partial charge in [0.05, 0.1) is 11.6 Å². The van der Waals surface area contributed by atoms with E-state index >= 15 is 0 Å². The average molecular weight is 227 g/mol. The van der Waals surface area contributed by atoms with E-state index in [1.165, 1.54) is 24.0 Å². The van der Waals surface area contributed by atoms with Crippen molar-refractivity contribution in [3.05, 3.63) is 27.7 Å². The van der Waals surface area contributed by atoms with Crippen LogP contribution in [-0.4, -0.2) is 7.11 Å². The first-order chi connectivity index (χ1) is 5.83. The van der Waals surface area contributed by atoms with Crippen LogP contribution in [0.3, 0.4) is 0 Å². The van der Waals surface area contributed by atoms with Gasteiger partial charge in [0, 0.05) is 0 Å². The molecule has 0 bridgehead atoms. The number of ether oxygens (including phenoxy) is 1. The molecule has 0 aliphatic heterocycles. The SMILES string of the molecule is COc1c(Br)ccc2c1CCC2. The van der Waals surface area contributed by atoms with Gasteiger partial charge in [-0.1, -0.05) is 6.07 Å². The van der Waals surface area contributed by atoms with Crippen LogP contribution in [0.1, 0.15) is 17.5 Å². The van der Waals surface area contributed by atoms with Crippen molar-refractivity contribution in [1.82, 2.24) is 0 Å². The predicted octanol–water partition coefficient (Wildman–Crippen LogP) is 2.95. The van der Waals surface area contributed by atoms with E-state index in [0.717, 1.165) is 16.6 Å². The Morgan fingerprint density at radius 1 is 1.33 bits per heavy atom. The van der Waals surface area contributed by atoms with Gasteiger partial charge in [-0.15, -0.1) is 0 Å². The van der Waals surface area contributed by atoms with Crippen molar-refractivity contribution in [3.63, 3.8) is 0 Å². The number of rotatable bonds is 1. The maximum absolute atomic E-state index is 5.34. The van der Waals surface area contributed by atoms with E-state index in [1.54, 1.807) is 7.11 Å². The molecule has 0 radical (unpaired) electrons. The van der Waals surface area contributed by atoms with Crippen LogP contribution < -0.4 is 4.74 Å². The number of hydrogen-bond acceptors (Lipinski definition) is 1. The lowest BCUT2D eigenvalue weighted by Crippen LogP contribution is -1.91. The second kappa shape index (κ2) is 3.09. The molecule has 1 aliphatic rings. The van der Waals surface area contributed by atoms with Crippen LogP contribution in [-0.2, 0) is 12.8 Å². The van der Waals surface area contributed by atoms with E-state index in [1.807, 2.05) is 0 Å². The van der Waals surface area contributed by atoms with E-state index in [9.17, 15) is 0 Å². The maximum atomic E-state index is 5.34. The number of benzene rings is 1. The van der Waals surface area contributed by atoms with Gasteiger partial charge < -0.3 is 4.74 Å². The molecule has 1 nitrogen and oxygen atoms in total. The highest BCUT2D eigenvalue weighted by Gasteiger charge is 2.16. The zero-order valence-electron chi connectivity index (χ0n) is 7.06. The van der Waals surface area contributed by atoms with Crippen LogP contribution in [0.2, 0.25) is 0 Å². The molecule has 1 aromatic carbocycles. The van der Waals surface area contributed by atoms with Crippen LogP contribution in [0.15, 0.2) is 16.6 Å². The number of aryl methyl sites for hydroxylation is 1. The Morgan fingerprint density at radius 3 is 2.92 bits per heavy atom. The summed E-state index contributed by atoms with van der Waals surface area (Å²) in [6.45, 7) is 0. The van der Waals surface area contributed by atoms with Gasteiger partial charge in [0.1, 0.15) is 5.75 Å². The summed E-state index contributed by atoms with van der Waals surface area (Å²) in [5.41, 5.74) is 2.85. The highest BCUT2D eigenvalue weighted by Crippen LogP contribution is 2.36. The van der Waals surface area contributed by atoms with Crippen molar-refractivity contribution in [1.29, 1.82) is 0 Å². The molecule has 0 amide bonds. The lowest BCUT2D eigenvalue weighted by molar-refractivity contribution is 0.407. The maximum Gasteiger partial charge on any atom is 0.136 e. The highest BCUT2D eigenvalue weighted by atomic mass is 79.9. The molecule has 0 unspecified atom stereocenters. The zero-order chi connectivity index (χ0) is 8.55. The molecule has 0 N–H and O–H groups in total. The third kappa shape index (κ3) is 1.14. The summed E-state index contributed by atoms with van der Waals surface area (Å²) < 4.78 is 6.42. The van der Waals surface area contributed by atoms with E-state index in [2.05, 4.69) is 28.1 Å². The van der Waals surface area contributed by atoms with Gasteiger partial charge in [-0.3, -0.25) is 0 Å². The number of halogens is 1. The van der Waals surface area contributed by atoms with Crippen molar-refractivity contribution in [2.45, 2.75) is 19.3 Å². The van der Waals surface area contributed by atoms with Crippen molar-refractivity contribution in [3.8, 4) is 5.75 Å². The third-order valence-electron chi connectivity index (χ3n) is 2.39. The molecule has 64 valence electrons. The fourth-order valence-corrected chi connectivity index (χ4v) is 2.36. The average Bonchev–Trinajstić information content (AvgIpc) is 2.52. The summed E-state index contributed by atoms with van der Waals surface area (Å²) >= 11 is 3.49. The Labute approximate surface area is 80.9 Å². The Kier molecular flexibility index (Phi) is 2.09. The fourth-order valence-electron chi connectivity index (χ4n) is 1.82. The summed E-state index contributed by atoms with van der Waals surface area (Å²) in [6.07, 6.45) is 3.64. The van der Waals surface area contributed by atoms with Gasteiger partial charge in [0.15, 0.2) is 0 Å². The third-order valence-corrected chi connectivity index (χ3v) is 3.01. The minimum absolute atomic E-state index is 1.03. The Hall–Kier alpha value is -0.500. The van der Waals surface area contributed by atoms with Gasteiger partial charge in [0.25, 0.3) is 0 Å². The van der Waals surface area contributed by atoms with Gasteiger partial charge in [-0.25, -0.2) is 0 Å². The molecule has 0 fully saturated rings. The lowest BCUT2D eigenvalue weighted by Gasteiger charge is -2.08. The molecule has 0 heterocycles. The minimum Gasteiger partial charge on any atom is -0.495 e. The van der Waals surface area contributed by atoms with E-state index in [4.69, 9.17) is 4.74 Å². The monoisotopic (exact) mass is 226 g/mol. The summed E-state index contributed by atoms with van der Waals surface area (Å²) in [4.78, 5) is 0. The van der Waals surface area contributed by atoms with Crippen LogP contribution in [0.25, 0.3) is 0 Å². The van der Waals surface area contributed by atoms with Gasteiger partial charge >= 0.3 is 0 Å². The first-order valence-corrected chi connectivity index (χ1v) is 4.96. The lowest BCUT2D eigenvalue weighted by atomic mass is 10.1. The molecule has 0 spiro atoms. The molecule has 0 saturated heterocycles. The van der Waals surface area contributed by atoms with E-state index in [-0.39, 0.29) is 0 Å². The first-order valence-electron chi connectivity index (χ1n) is 4.17. The fraction of sp³-hybridized carbons (Fsp3) is 0.400. The summed E-state index contributed by atoms with van der Waals surface area (Å²) in [7, 11) is 1.73. The molecule has 2 rings (SSSR count). The summed E-state index contributed by atoms with van der Waals surface area (Å²) in [5, 5.41) is 0. The predicted molar refractivity (Wildman–Crippen MR) is 52.7 cm³/mol. The normalized spacial score (nSPS) is 14.5. The topological polar surface area (TPSA) is 9.23 Å². The second-order valence-electron chi connectivity index (χ2n) is 3.07. The summed E-state index contributed by atoms with van der Waals surface area (Å²) in [5.74, 6) is 1.03. The van der Waals surface area contributed by atoms with Crippen LogP contribution in [0.4, 0.5) is 0 Å². The molecular weight excluding hydrogens is 216 g/mol. The van der Waals surface area contributed by atoms with Gasteiger partial charge in [-0.05, 0) is 52.4 Å². The quantitative estimate of drug-likeness (QED) is 0.716. The minimum atomic E-state index is 1.03. The molecule has 12 heavy (non-hydrogen) atoms. The number of hydrogen-bond donors (Lipinski definition) is 0. The van der Waals surface area contributed by atoms with Crippen LogP contribution in [0.5, 0.6) is 5.75 Å². The Balaban J connectivity index is 2.57. The standard InChI is InChI=1S/C10H11BrO/c1-12-10-8-4-2-3-7(8)5-6-9(10)11/h5-6H,2-4H2,1H3. The van der Waals surface area contributed by atoms with E-state index in [0.29, 0.717) is 0 Å². The zero-order valence-corrected chi connectivity index (χ0v) is 8.65. The summed E-state index contributed by atoms with van der Waals surface area (Å²) in [6, 6.07) is 4.26. The Morgan fingerprint density at radius 2 is 2.17 bits per heavy atom. The van der Waals surface area contributed by atoms with Crippen LogP contribution >= 0.6 is 15.9 Å². The molecule has 2 heteroatoms. The van der Waals surface area contributed by atoms with E-state index < -0.39 is 0 Å². The van der Waals surface area contributed by atoms with Crippen molar-refractivity contribution >= 4 is 15.9 Å². The largest absolute Gasteiger partial charge is 0.495 e. The molecular formula is C10H11BrO. The highest BCUT2D eigenvalue weighted by molar-refractivity contribution is 9.10. The molecule has 0 aromatic heterocycles. The van der Waals surface area contributed by atoms with Crippen LogP contribution in [0, 0.1) is 0 Å². The van der Waals surface area contributed by atoms with Gasteiger partial charge in [-0.2, -0.15) is 0 Å². The number of methoxy groups -OCH3 is 1. The Bertz CT molecular complexity index is 307. The smallest absolute Gasteiger partial charge is 0.136 e. The molecule has 1 aromatic rings. The molecule has 0 saturated carbocycles.